The van der Waals surface area contributed by atoms with Crippen molar-refractivity contribution >= 4 is 5.91 Å². The number of rotatable bonds is 6. The van der Waals surface area contributed by atoms with Gasteiger partial charge in [0.15, 0.2) is 0 Å². The monoisotopic (exact) mass is 246 g/mol. The molecule has 1 amide bonds. The van der Waals surface area contributed by atoms with Crippen LogP contribution in [0.4, 0.5) is 0 Å². The first-order chi connectivity index (χ1) is 7.68. The number of likely N-dealkylation sites (N-methyl/N-ethyl adjacent to an activating group) is 1. The summed E-state index contributed by atoms with van der Waals surface area (Å²) in [5.41, 5.74) is 5.85. The van der Waals surface area contributed by atoms with E-state index in [1.54, 1.807) is 7.05 Å². The van der Waals surface area contributed by atoms with Gasteiger partial charge in [0.25, 0.3) is 0 Å². The van der Waals surface area contributed by atoms with Gasteiger partial charge in [0.2, 0.25) is 5.91 Å². The molecule has 0 bridgehead atoms. The Balaban J connectivity index is 4.14. The van der Waals surface area contributed by atoms with Crippen LogP contribution in [0, 0.1) is 5.41 Å². The summed E-state index contributed by atoms with van der Waals surface area (Å²) in [7, 11) is 3.18. The quantitative estimate of drug-likeness (QED) is 0.703. The van der Waals surface area contributed by atoms with E-state index in [-0.39, 0.29) is 30.5 Å². The summed E-state index contributed by atoms with van der Waals surface area (Å²) in [6.07, 6.45) is -0.362. The Morgan fingerprint density at radius 1 is 1.47 bits per heavy atom. The zero-order valence-corrected chi connectivity index (χ0v) is 11.6. The summed E-state index contributed by atoms with van der Waals surface area (Å²) in [6.45, 7) is 6.51. The van der Waals surface area contributed by atoms with Crippen LogP contribution in [0.1, 0.15) is 27.2 Å². The van der Waals surface area contributed by atoms with Crippen LogP contribution in [0.15, 0.2) is 0 Å². The number of aliphatic hydroxyl groups is 1. The number of carbonyl (C=O) groups excluding carboxylic acids is 1. The second-order valence-electron chi connectivity index (χ2n) is 5.56. The van der Waals surface area contributed by atoms with Crippen LogP contribution in [0.3, 0.4) is 0 Å². The molecule has 3 N–H and O–H groups in total. The minimum absolute atomic E-state index is 0.0532. The van der Waals surface area contributed by atoms with Crippen molar-refractivity contribution in [3.8, 4) is 0 Å². The van der Waals surface area contributed by atoms with Gasteiger partial charge in [-0.1, -0.05) is 20.8 Å². The molecule has 0 aliphatic rings. The molecule has 0 aromatic rings. The molecule has 0 aromatic heterocycles. The van der Waals surface area contributed by atoms with E-state index in [2.05, 4.69) is 0 Å². The van der Waals surface area contributed by atoms with Crippen molar-refractivity contribution < 1.29 is 14.6 Å². The predicted molar refractivity (Wildman–Crippen MR) is 67.6 cm³/mol. The van der Waals surface area contributed by atoms with Gasteiger partial charge in [0, 0.05) is 33.2 Å². The topological polar surface area (TPSA) is 75.8 Å². The largest absolute Gasteiger partial charge is 0.389 e. The van der Waals surface area contributed by atoms with E-state index in [0.29, 0.717) is 6.42 Å². The number of ether oxygens (including phenoxy) is 1. The Kier molecular flexibility index (Phi) is 6.67. The maximum atomic E-state index is 11.8. The molecule has 0 aromatic carbocycles. The van der Waals surface area contributed by atoms with Crippen LogP contribution >= 0.6 is 0 Å². The second kappa shape index (κ2) is 6.93. The number of amides is 1. The van der Waals surface area contributed by atoms with Crippen molar-refractivity contribution in [2.24, 2.45) is 11.1 Å². The molecule has 0 aliphatic heterocycles. The van der Waals surface area contributed by atoms with E-state index < -0.39 is 6.10 Å². The Bertz CT molecular complexity index is 238. The zero-order valence-electron chi connectivity index (χ0n) is 11.6. The first kappa shape index (κ1) is 16.4. The van der Waals surface area contributed by atoms with E-state index in [1.807, 2.05) is 20.8 Å². The average Bonchev–Trinajstić information content (AvgIpc) is 2.16. The second-order valence-corrected chi connectivity index (χ2v) is 5.56. The molecule has 0 aliphatic carbocycles. The summed E-state index contributed by atoms with van der Waals surface area (Å²) in [5.74, 6) is -0.0532. The summed E-state index contributed by atoms with van der Waals surface area (Å²) < 4.78 is 4.81. The van der Waals surface area contributed by atoms with Crippen molar-refractivity contribution in [2.75, 3.05) is 27.3 Å². The number of nitrogens with two attached hydrogens (primary N) is 1. The summed E-state index contributed by atoms with van der Waals surface area (Å²) in [6, 6.07) is -0.183. The number of hydrogen-bond donors (Lipinski definition) is 2. The third kappa shape index (κ3) is 6.61. The fourth-order valence-corrected chi connectivity index (χ4v) is 1.31. The number of nitrogens with zero attached hydrogens (tertiary/aromatic N) is 1. The molecule has 2 atom stereocenters. The third-order valence-electron chi connectivity index (χ3n) is 2.78. The lowest BCUT2D eigenvalue weighted by Crippen LogP contribution is -2.43. The van der Waals surface area contributed by atoms with Crippen LogP contribution in [-0.2, 0) is 9.53 Å². The van der Waals surface area contributed by atoms with E-state index in [1.165, 1.54) is 12.0 Å². The van der Waals surface area contributed by atoms with Gasteiger partial charge in [-0.05, 0) is 5.41 Å². The van der Waals surface area contributed by atoms with Crippen LogP contribution in [0.25, 0.3) is 0 Å². The van der Waals surface area contributed by atoms with Gasteiger partial charge in [0.1, 0.15) is 0 Å². The van der Waals surface area contributed by atoms with E-state index >= 15 is 0 Å². The van der Waals surface area contributed by atoms with Crippen molar-refractivity contribution in [3.05, 3.63) is 0 Å². The maximum Gasteiger partial charge on any atom is 0.223 e. The molecule has 0 radical (unpaired) electrons. The van der Waals surface area contributed by atoms with Crippen LogP contribution < -0.4 is 5.73 Å². The molecule has 5 nitrogen and oxygen atoms in total. The molecule has 0 fully saturated rings. The molecule has 0 heterocycles. The Labute approximate surface area is 104 Å². The molecular formula is C12H26N2O3. The molecule has 0 saturated heterocycles. The van der Waals surface area contributed by atoms with Gasteiger partial charge in [-0.3, -0.25) is 4.79 Å². The molecular weight excluding hydrogens is 220 g/mol. The van der Waals surface area contributed by atoms with Crippen molar-refractivity contribution in [1.82, 2.24) is 4.90 Å². The first-order valence-corrected chi connectivity index (χ1v) is 5.85. The SMILES string of the molecule is COCC(O)CN(C)C(=O)CC(N)C(C)(C)C. The van der Waals surface area contributed by atoms with Crippen LogP contribution in [0.5, 0.6) is 0 Å². The molecule has 0 saturated carbocycles. The van der Waals surface area contributed by atoms with Gasteiger partial charge in [-0.2, -0.15) is 0 Å². The van der Waals surface area contributed by atoms with Gasteiger partial charge in [-0.15, -0.1) is 0 Å². The molecule has 0 spiro atoms. The predicted octanol–water partition coefficient (Wildman–Crippen LogP) is 0.216. The van der Waals surface area contributed by atoms with Crippen LogP contribution in [-0.4, -0.2) is 55.4 Å². The summed E-state index contributed by atoms with van der Waals surface area (Å²) in [5, 5.41) is 9.51. The van der Waals surface area contributed by atoms with E-state index in [9.17, 15) is 9.90 Å². The van der Waals surface area contributed by atoms with E-state index in [4.69, 9.17) is 10.5 Å². The van der Waals surface area contributed by atoms with E-state index in [0.717, 1.165) is 0 Å². The van der Waals surface area contributed by atoms with Crippen molar-refractivity contribution in [3.63, 3.8) is 0 Å². The standard InChI is InChI=1S/C12H26N2O3/c1-12(2,3)10(13)6-11(16)14(4)7-9(15)8-17-5/h9-10,15H,6-8,13H2,1-5H3. The lowest BCUT2D eigenvalue weighted by Gasteiger charge is -2.29. The summed E-state index contributed by atoms with van der Waals surface area (Å²) in [4.78, 5) is 13.3. The summed E-state index contributed by atoms with van der Waals surface area (Å²) >= 11 is 0. The number of aliphatic hydroxyl groups excluding tert-OH is 1. The molecule has 17 heavy (non-hydrogen) atoms. The van der Waals surface area contributed by atoms with Gasteiger partial charge >= 0.3 is 0 Å². The highest BCUT2D eigenvalue weighted by Crippen LogP contribution is 2.20. The minimum atomic E-state index is -0.653. The maximum absolute atomic E-state index is 11.8. The lowest BCUT2D eigenvalue weighted by molar-refractivity contribution is -0.132. The highest BCUT2D eigenvalue weighted by molar-refractivity contribution is 5.76. The first-order valence-electron chi connectivity index (χ1n) is 5.85. The highest BCUT2D eigenvalue weighted by atomic mass is 16.5. The lowest BCUT2D eigenvalue weighted by atomic mass is 9.85. The molecule has 2 unspecified atom stereocenters. The van der Waals surface area contributed by atoms with Crippen molar-refractivity contribution in [1.29, 1.82) is 0 Å². The number of methoxy groups -OCH3 is 1. The smallest absolute Gasteiger partial charge is 0.223 e. The fourth-order valence-electron chi connectivity index (χ4n) is 1.31. The number of hydrogen-bond acceptors (Lipinski definition) is 4. The molecule has 102 valence electrons. The normalized spacial score (nSPS) is 15.5. The fraction of sp³-hybridized carbons (Fsp3) is 0.917. The van der Waals surface area contributed by atoms with Crippen molar-refractivity contribution in [2.45, 2.75) is 39.3 Å². The Hall–Kier alpha value is -0.650. The minimum Gasteiger partial charge on any atom is -0.389 e. The Morgan fingerprint density at radius 2 is 2.00 bits per heavy atom. The van der Waals surface area contributed by atoms with Crippen LogP contribution in [0.2, 0.25) is 0 Å². The third-order valence-corrected chi connectivity index (χ3v) is 2.78. The van der Waals surface area contributed by atoms with Gasteiger partial charge in [-0.25, -0.2) is 0 Å². The zero-order chi connectivity index (χ0) is 13.6. The Morgan fingerprint density at radius 3 is 2.41 bits per heavy atom. The average molecular weight is 246 g/mol. The van der Waals surface area contributed by atoms with Gasteiger partial charge in [0.05, 0.1) is 12.7 Å². The highest BCUT2D eigenvalue weighted by Gasteiger charge is 2.25. The number of carbonyl (C=O) groups is 1. The van der Waals surface area contributed by atoms with Gasteiger partial charge < -0.3 is 20.5 Å². The molecule has 5 heteroatoms. The molecule has 0 rings (SSSR count).